The van der Waals surface area contributed by atoms with Crippen molar-refractivity contribution in [1.29, 1.82) is 0 Å². The molecular weight excluding hydrogens is 301 g/mol. The first-order valence-electron chi connectivity index (χ1n) is 5.68. The van der Waals surface area contributed by atoms with Crippen molar-refractivity contribution in [3.63, 3.8) is 0 Å². The minimum absolute atomic E-state index is 0. The fraction of sp³-hybridized carbons (Fsp3) is 0.231. The van der Waals surface area contributed by atoms with Crippen LogP contribution < -0.4 is 10.5 Å². The number of hydrogen-bond acceptors (Lipinski definition) is 5. The first kappa shape index (κ1) is 18.6. The first-order valence-corrected chi connectivity index (χ1v) is 5.68. The van der Waals surface area contributed by atoms with Crippen LogP contribution in [0.25, 0.3) is 0 Å². The summed E-state index contributed by atoms with van der Waals surface area (Å²) in [4.78, 5) is 7.94. The Morgan fingerprint density at radius 3 is 2.25 bits per heavy atom. The van der Waals surface area contributed by atoms with E-state index >= 15 is 0 Å². The summed E-state index contributed by atoms with van der Waals surface area (Å²) in [5.41, 5.74) is 6.72. The van der Waals surface area contributed by atoms with Crippen LogP contribution in [0, 0.1) is 0 Å². The number of rotatable bonds is 5. The van der Waals surface area contributed by atoms with Gasteiger partial charge in [-0.1, -0.05) is 12.1 Å². The summed E-state index contributed by atoms with van der Waals surface area (Å²) >= 11 is 0. The molecule has 0 unspecified atom stereocenters. The zero-order valence-corrected chi connectivity index (χ0v) is 12.3. The SMILES string of the molecule is Cl.Cl.N[C@H](CO)Cc1ccc(Oc2ncccn2)cc1. The van der Waals surface area contributed by atoms with Gasteiger partial charge in [-0.25, -0.2) is 9.97 Å². The molecule has 1 heterocycles. The number of nitrogens with zero attached hydrogens (tertiary/aromatic N) is 2. The molecule has 0 saturated heterocycles. The number of ether oxygens (including phenoxy) is 1. The fourth-order valence-corrected chi connectivity index (χ4v) is 1.50. The average molecular weight is 318 g/mol. The Hall–Kier alpha value is -1.40. The highest BCUT2D eigenvalue weighted by molar-refractivity contribution is 5.85. The zero-order chi connectivity index (χ0) is 12.8. The van der Waals surface area contributed by atoms with E-state index in [9.17, 15) is 0 Å². The Morgan fingerprint density at radius 1 is 1.10 bits per heavy atom. The van der Waals surface area contributed by atoms with Gasteiger partial charge in [0.25, 0.3) is 0 Å². The van der Waals surface area contributed by atoms with E-state index in [-0.39, 0.29) is 37.5 Å². The van der Waals surface area contributed by atoms with Crippen molar-refractivity contribution in [2.24, 2.45) is 5.73 Å². The monoisotopic (exact) mass is 317 g/mol. The molecule has 0 aliphatic rings. The molecule has 3 N–H and O–H groups in total. The summed E-state index contributed by atoms with van der Waals surface area (Å²) in [5.74, 6) is 0.669. The van der Waals surface area contributed by atoms with Crippen LogP contribution in [0.1, 0.15) is 5.56 Å². The molecule has 1 atom stereocenters. The van der Waals surface area contributed by atoms with Crippen LogP contribution in [0.15, 0.2) is 42.7 Å². The number of benzene rings is 1. The molecule has 1 aromatic carbocycles. The second kappa shape index (κ2) is 9.50. The Bertz CT molecular complexity index is 483. The molecule has 0 saturated carbocycles. The number of aliphatic hydroxyl groups excluding tert-OH is 1. The van der Waals surface area contributed by atoms with Gasteiger partial charge in [0.05, 0.1) is 6.61 Å². The smallest absolute Gasteiger partial charge is 0.321 e. The lowest BCUT2D eigenvalue weighted by Gasteiger charge is -2.08. The van der Waals surface area contributed by atoms with Gasteiger partial charge in [0.1, 0.15) is 5.75 Å². The molecule has 0 fully saturated rings. The third-order valence-corrected chi connectivity index (χ3v) is 2.41. The minimum atomic E-state index is -0.228. The zero-order valence-electron chi connectivity index (χ0n) is 10.7. The summed E-state index contributed by atoms with van der Waals surface area (Å²) in [7, 11) is 0. The van der Waals surface area contributed by atoms with Crippen LogP contribution in [0.5, 0.6) is 11.8 Å². The third kappa shape index (κ3) is 5.71. The summed E-state index contributed by atoms with van der Waals surface area (Å²) in [6.07, 6.45) is 3.88. The van der Waals surface area contributed by atoms with Gasteiger partial charge in [-0.3, -0.25) is 0 Å². The number of aromatic nitrogens is 2. The number of nitrogens with two attached hydrogens (primary N) is 1. The molecule has 2 aromatic rings. The standard InChI is InChI=1S/C13H15N3O2.2ClH/c14-11(9-17)8-10-2-4-12(5-3-10)18-13-15-6-1-7-16-13;;/h1-7,11,17H,8-9,14H2;2*1H/t11-;;/m0../s1. The van der Waals surface area contributed by atoms with Gasteiger partial charge in [-0.2, -0.15) is 0 Å². The van der Waals surface area contributed by atoms with Crippen LogP contribution in [0.4, 0.5) is 0 Å². The number of halogens is 2. The van der Waals surface area contributed by atoms with Crippen molar-refractivity contribution >= 4 is 24.8 Å². The summed E-state index contributed by atoms with van der Waals surface area (Å²) in [6, 6.07) is 9.30. The van der Waals surface area contributed by atoms with Crippen molar-refractivity contribution in [3.05, 3.63) is 48.3 Å². The Balaban J connectivity index is 0.00000180. The van der Waals surface area contributed by atoms with Crippen LogP contribution in [-0.4, -0.2) is 27.7 Å². The lowest BCUT2D eigenvalue weighted by Crippen LogP contribution is -2.26. The molecule has 0 bridgehead atoms. The molecule has 0 aliphatic carbocycles. The quantitative estimate of drug-likeness (QED) is 0.881. The lowest BCUT2D eigenvalue weighted by molar-refractivity contribution is 0.265. The van der Waals surface area contributed by atoms with E-state index in [1.54, 1.807) is 18.5 Å². The second-order valence-electron chi connectivity index (χ2n) is 3.92. The van der Waals surface area contributed by atoms with Gasteiger partial charge < -0.3 is 15.6 Å². The fourth-order valence-electron chi connectivity index (χ4n) is 1.50. The van der Waals surface area contributed by atoms with E-state index in [0.29, 0.717) is 18.2 Å². The Morgan fingerprint density at radius 2 is 1.70 bits per heavy atom. The predicted molar refractivity (Wildman–Crippen MR) is 81.8 cm³/mol. The maximum atomic E-state index is 8.88. The van der Waals surface area contributed by atoms with E-state index in [4.69, 9.17) is 15.6 Å². The highest BCUT2D eigenvalue weighted by Crippen LogP contribution is 2.18. The topological polar surface area (TPSA) is 81.3 Å². The maximum Gasteiger partial charge on any atom is 0.321 e. The van der Waals surface area contributed by atoms with Crippen molar-refractivity contribution < 1.29 is 9.84 Å². The predicted octanol–water partition coefficient (Wildman–Crippen LogP) is 1.97. The second-order valence-corrected chi connectivity index (χ2v) is 3.92. The number of aliphatic hydroxyl groups is 1. The number of hydrogen-bond donors (Lipinski definition) is 2. The highest BCUT2D eigenvalue weighted by atomic mass is 35.5. The summed E-state index contributed by atoms with van der Waals surface area (Å²) in [5, 5.41) is 8.88. The Labute approximate surface area is 130 Å². The third-order valence-electron chi connectivity index (χ3n) is 2.41. The van der Waals surface area contributed by atoms with Gasteiger partial charge in [0, 0.05) is 18.4 Å². The van der Waals surface area contributed by atoms with Crippen LogP contribution in [0.3, 0.4) is 0 Å². The first-order chi connectivity index (χ1) is 8.78. The van der Waals surface area contributed by atoms with Crippen LogP contribution >= 0.6 is 24.8 Å². The van der Waals surface area contributed by atoms with E-state index in [0.717, 1.165) is 5.56 Å². The molecule has 0 spiro atoms. The van der Waals surface area contributed by atoms with Crippen molar-refractivity contribution in [2.45, 2.75) is 12.5 Å². The molecule has 2 rings (SSSR count). The molecule has 5 nitrogen and oxygen atoms in total. The molecule has 110 valence electrons. The lowest BCUT2D eigenvalue weighted by atomic mass is 10.1. The summed E-state index contributed by atoms with van der Waals surface area (Å²) in [6.45, 7) is -0.0178. The Kier molecular flexibility index (Phi) is 8.83. The molecule has 7 heteroatoms. The molecular formula is C13H17Cl2N3O2. The van der Waals surface area contributed by atoms with E-state index < -0.39 is 0 Å². The van der Waals surface area contributed by atoms with E-state index in [2.05, 4.69) is 9.97 Å². The van der Waals surface area contributed by atoms with E-state index in [1.807, 2.05) is 24.3 Å². The van der Waals surface area contributed by atoms with Crippen LogP contribution in [-0.2, 0) is 6.42 Å². The molecule has 0 aliphatic heterocycles. The largest absolute Gasteiger partial charge is 0.424 e. The molecule has 20 heavy (non-hydrogen) atoms. The molecule has 0 amide bonds. The van der Waals surface area contributed by atoms with Crippen molar-refractivity contribution in [3.8, 4) is 11.8 Å². The molecule has 0 radical (unpaired) electrons. The maximum absolute atomic E-state index is 8.88. The van der Waals surface area contributed by atoms with Gasteiger partial charge in [0.15, 0.2) is 0 Å². The molecule has 1 aromatic heterocycles. The van der Waals surface area contributed by atoms with Gasteiger partial charge >= 0.3 is 6.01 Å². The van der Waals surface area contributed by atoms with Crippen molar-refractivity contribution in [1.82, 2.24) is 9.97 Å². The minimum Gasteiger partial charge on any atom is -0.424 e. The van der Waals surface area contributed by atoms with Gasteiger partial charge in [-0.05, 0) is 30.2 Å². The summed E-state index contributed by atoms with van der Waals surface area (Å²) < 4.78 is 5.46. The average Bonchev–Trinajstić information content (AvgIpc) is 2.42. The van der Waals surface area contributed by atoms with Gasteiger partial charge in [-0.15, -0.1) is 24.8 Å². The normalized spacial score (nSPS) is 10.9. The van der Waals surface area contributed by atoms with E-state index in [1.165, 1.54) is 0 Å². The van der Waals surface area contributed by atoms with Crippen molar-refractivity contribution in [2.75, 3.05) is 6.61 Å². The highest BCUT2D eigenvalue weighted by Gasteiger charge is 2.03. The van der Waals surface area contributed by atoms with Gasteiger partial charge in [0.2, 0.25) is 0 Å². The van der Waals surface area contributed by atoms with Crippen LogP contribution in [0.2, 0.25) is 0 Å².